The number of hydrogen-bond acceptors (Lipinski definition) is 3. The minimum atomic E-state index is -0.0281. The molecule has 4 heteroatoms. The van der Waals surface area contributed by atoms with Crippen LogP contribution in [0.3, 0.4) is 0 Å². The summed E-state index contributed by atoms with van der Waals surface area (Å²) in [6.45, 7) is 6.23. The van der Waals surface area contributed by atoms with E-state index in [1.165, 1.54) is 4.88 Å². The lowest BCUT2D eigenvalue weighted by molar-refractivity contribution is 0.968. The number of nitrogens with zero attached hydrogens (tertiary/aromatic N) is 1. The molecule has 0 amide bonds. The van der Waals surface area contributed by atoms with E-state index in [9.17, 15) is 4.79 Å². The van der Waals surface area contributed by atoms with E-state index in [0.717, 1.165) is 45.6 Å². The molecule has 0 aliphatic rings. The highest BCUT2D eigenvalue weighted by molar-refractivity contribution is 7.15. The molecule has 0 bridgehead atoms. The molecule has 0 aliphatic heterocycles. The van der Waals surface area contributed by atoms with E-state index in [1.54, 1.807) is 11.3 Å². The van der Waals surface area contributed by atoms with Crippen LogP contribution in [0, 0.1) is 6.92 Å². The Morgan fingerprint density at radius 1 is 1.19 bits per heavy atom. The fourth-order valence-corrected chi connectivity index (χ4v) is 3.42. The minimum Gasteiger partial charge on any atom is -0.321 e. The number of fused-ring (bicyclic) bond motifs is 1. The van der Waals surface area contributed by atoms with E-state index in [4.69, 9.17) is 0 Å². The largest absolute Gasteiger partial charge is 0.321 e. The Morgan fingerprint density at radius 3 is 2.62 bits per heavy atom. The summed E-state index contributed by atoms with van der Waals surface area (Å²) in [7, 11) is 0. The van der Waals surface area contributed by atoms with Gasteiger partial charge in [0.15, 0.2) is 0 Å². The molecule has 3 aromatic rings. The third-order valence-electron chi connectivity index (χ3n) is 3.68. The van der Waals surface area contributed by atoms with Crippen molar-refractivity contribution in [2.24, 2.45) is 0 Å². The van der Waals surface area contributed by atoms with Gasteiger partial charge in [0.25, 0.3) is 5.56 Å². The van der Waals surface area contributed by atoms with E-state index in [2.05, 4.69) is 30.7 Å². The quantitative estimate of drug-likeness (QED) is 0.791. The van der Waals surface area contributed by atoms with Crippen LogP contribution in [0.5, 0.6) is 0 Å². The molecule has 0 spiro atoms. The first-order valence-corrected chi connectivity index (χ1v) is 8.06. The van der Waals surface area contributed by atoms with Crippen LogP contribution in [0.15, 0.2) is 29.1 Å². The lowest BCUT2D eigenvalue weighted by Crippen LogP contribution is -2.09. The zero-order valence-corrected chi connectivity index (χ0v) is 13.3. The predicted molar refractivity (Wildman–Crippen MR) is 89.2 cm³/mol. The lowest BCUT2D eigenvalue weighted by Gasteiger charge is -2.08. The van der Waals surface area contributed by atoms with E-state index in [-0.39, 0.29) is 5.56 Å². The van der Waals surface area contributed by atoms with Crippen molar-refractivity contribution in [3.8, 4) is 10.4 Å². The maximum Gasteiger partial charge on any atom is 0.257 e. The van der Waals surface area contributed by atoms with Crippen molar-refractivity contribution in [3.63, 3.8) is 0 Å². The maximum atomic E-state index is 12.4. The Hall–Kier alpha value is -1.94. The van der Waals surface area contributed by atoms with E-state index in [0.29, 0.717) is 0 Å². The van der Waals surface area contributed by atoms with Gasteiger partial charge in [-0.2, -0.15) is 0 Å². The van der Waals surface area contributed by atoms with Crippen molar-refractivity contribution in [3.05, 3.63) is 50.9 Å². The van der Waals surface area contributed by atoms with Gasteiger partial charge in [0.2, 0.25) is 0 Å². The predicted octanol–water partition coefficient (Wildman–Crippen LogP) is 4.08. The van der Waals surface area contributed by atoms with Crippen LogP contribution in [-0.4, -0.2) is 9.97 Å². The molecule has 3 heterocycles. The van der Waals surface area contributed by atoms with Crippen molar-refractivity contribution in [2.45, 2.75) is 33.6 Å². The molecule has 1 N–H and O–H groups in total. The van der Waals surface area contributed by atoms with Gasteiger partial charge in [-0.15, -0.1) is 11.3 Å². The van der Waals surface area contributed by atoms with Gasteiger partial charge < -0.3 is 4.98 Å². The molecule has 0 radical (unpaired) electrons. The number of nitrogens with one attached hydrogen (secondary N) is 1. The summed E-state index contributed by atoms with van der Waals surface area (Å²) < 4.78 is 0. The number of aromatic amines is 1. The zero-order valence-electron chi connectivity index (χ0n) is 12.5. The second kappa shape index (κ2) is 5.45. The molecule has 0 atom stereocenters. The smallest absolute Gasteiger partial charge is 0.257 e. The Balaban J connectivity index is 2.30. The maximum absolute atomic E-state index is 12.4. The van der Waals surface area contributed by atoms with Gasteiger partial charge in [0, 0.05) is 26.5 Å². The van der Waals surface area contributed by atoms with Gasteiger partial charge in [-0.1, -0.05) is 13.8 Å². The molecule has 0 aliphatic carbocycles. The molecule has 0 saturated heterocycles. The molecular formula is C17H18N2OS. The molecule has 3 aromatic heterocycles. The minimum absolute atomic E-state index is 0.0281. The first kappa shape index (κ1) is 14.0. The van der Waals surface area contributed by atoms with Crippen LogP contribution in [-0.2, 0) is 12.8 Å². The van der Waals surface area contributed by atoms with Crippen LogP contribution >= 0.6 is 11.3 Å². The Bertz CT molecular complexity index is 861. The Labute approximate surface area is 127 Å². The first-order valence-electron chi connectivity index (χ1n) is 7.25. The Morgan fingerprint density at radius 2 is 2.00 bits per heavy atom. The molecule has 21 heavy (non-hydrogen) atoms. The average molecular weight is 298 g/mol. The number of pyridine rings is 2. The summed E-state index contributed by atoms with van der Waals surface area (Å²) >= 11 is 1.64. The second-order valence-electron chi connectivity index (χ2n) is 5.15. The van der Waals surface area contributed by atoms with Gasteiger partial charge in [-0.25, -0.2) is 0 Å². The standard InChI is InChI=1S/C17H18N2OS/c1-4-11-8-15-12(14(5-2)18-11)9-13(17(20)19-15)16-7-6-10(3)21-16/h6-9H,4-5H2,1-3H3,(H,19,20). The highest BCUT2D eigenvalue weighted by Crippen LogP contribution is 2.28. The average Bonchev–Trinajstić information content (AvgIpc) is 2.91. The summed E-state index contributed by atoms with van der Waals surface area (Å²) in [6, 6.07) is 8.03. The second-order valence-corrected chi connectivity index (χ2v) is 6.44. The van der Waals surface area contributed by atoms with Crippen LogP contribution < -0.4 is 5.56 Å². The zero-order chi connectivity index (χ0) is 15.0. The summed E-state index contributed by atoms with van der Waals surface area (Å²) in [4.78, 5) is 22.3. The monoisotopic (exact) mass is 298 g/mol. The summed E-state index contributed by atoms with van der Waals surface area (Å²) in [6.07, 6.45) is 1.73. The van der Waals surface area contributed by atoms with Crippen molar-refractivity contribution in [2.75, 3.05) is 0 Å². The molecular weight excluding hydrogens is 280 g/mol. The molecule has 3 nitrogen and oxygen atoms in total. The number of hydrogen-bond donors (Lipinski definition) is 1. The van der Waals surface area contributed by atoms with Gasteiger partial charge in [0.1, 0.15) is 0 Å². The molecule has 3 rings (SSSR count). The van der Waals surface area contributed by atoms with E-state index < -0.39 is 0 Å². The number of aromatic nitrogens is 2. The number of H-pyrrole nitrogens is 1. The van der Waals surface area contributed by atoms with E-state index >= 15 is 0 Å². The fourth-order valence-electron chi connectivity index (χ4n) is 2.54. The third-order valence-corrected chi connectivity index (χ3v) is 4.71. The lowest BCUT2D eigenvalue weighted by atomic mass is 10.1. The molecule has 0 fully saturated rings. The highest BCUT2D eigenvalue weighted by Gasteiger charge is 2.11. The summed E-state index contributed by atoms with van der Waals surface area (Å²) in [5.74, 6) is 0. The third kappa shape index (κ3) is 2.51. The molecule has 0 saturated carbocycles. The fraction of sp³-hybridized carbons (Fsp3) is 0.294. The van der Waals surface area contributed by atoms with Crippen molar-refractivity contribution >= 4 is 22.2 Å². The summed E-state index contributed by atoms with van der Waals surface area (Å²) in [5, 5.41) is 1.05. The topological polar surface area (TPSA) is 45.8 Å². The van der Waals surface area contributed by atoms with Crippen LogP contribution in [0.1, 0.15) is 30.1 Å². The van der Waals surface area contributed by atoms with Gasteiger partial charge in [-0.05, 0) is 44.0 Å². The van der Waals surface area contributed by atoms with Gasteiger partial charge in [-0.3, -0.25) is 9.78 Å². The van der Waals surface area contributed by atoms with E-state index in [1.807, 2.05) is 24.3 Å². The van der Waals surface area contributed by atoms with Crippen LogP contribution in [0.25, 0.3) is 21.3 Å². The Kier molecular flexibility index (Phi) is 3.64. The van der Waals surface area contributed by atoms with Gasteiger partial charge in [0.05, 0.1) is 11.1 Å². The first-order chi connectivity index (χ1) is 10.1. The number of thiophene rings is 1. The van der Waals surface area contributed by atoms with Crippen molar-refractivity contribution in [1.82, 2.24) is 9.97 Å². The SMILES string of the molecule is CCc1cc2[nH]c(=O)c(-c3ccc(C)s3)cc2c(CC)n1. The van der Waals surface area contributed by atoms with Crippen LogP contribution in [0.4, 0.5) is 0 Å². The number of aryl methyl sites for hydroxylation is 3. The van der Waals surface area contributed by atoms with Crippen molar-refractivity contribution < 1.29 is 0 Å². The number of rotatable bonds is 3. The molecule has 108 valence electrons. The normalized spacial score (nSPS) is 11.2. The van der Waals surface area contributed by atoms with Gasteiger partial charge >= 0.3 is 0 Å². The highest BCUT2D eigenvalue weighted by atomic mass is 32.1. The summed E-state index contributed by atoms with van der Waals surface area (Å²) in [5.41, 5.74) is 3.67. The van der Waals surface area contributed by atoms with Crippen molar-refractivity contribution in [1.29, 1.82) is 0 Å². The van der Waals surface area contributed by atoms with Crippen LogP contribution in [0.2, 0.25) is 0 Å². The molecule has 0 unspecified atom stereocenters. The molecule has 0 aromatic carbocycles.